The van der Waals surface area contributed by atoms with Crippen LogP contribution in [0.4, 0.5) is 0 Å². The van der Waals surface area contributed by atoms with Gasteiger partial charge in [0, 0.05) is 0 Å². The van der Waals surface area contributed by atoms with E-state index < -0.39 is 7.12 Å². The molecule has 0 aromatic heterocycles. The van der Waals surface area contributed by atoms with E-state index in [2.05, 4.69) is 6.92 Å². The van der Waals surface area contributed by atoms with E-state index in [0.717, 1.165) is 18.4 Å². The van der Waals surface area contributed by atoms with Crippen LogP contribution in [0.1, 0.15) is 38.2 Å². The number of methoxy groups -OCH3 is 2. The zero-order chi connectivity index (χ0) is 14.3. The summed E-state index contributed by atoms with van der Waals surface area (Å²) in [7, 11) is 1.44. The highest BCUT2D eigenvalue weighted by atomic mass is 16.5. The number of hydrogen-bond donors (Lipinski definition) is 2. The molecule has 2 N–H and O–H groups in total. The van der Waals surface area contributed by atoms with Crippen LogP contribution in [0.2, 0.25) is 0 Å². The van der Waals surface area contributed by atoms with Crippen LogP contribution in [-0.4, -0.2) is 31.4 Å². The summed E-state index contributed by atoms with van der Waals surface area (Å²) < 4.78 is 10.5. The molecule has 0 unspecified atom stereocenters. The number of rotatable bonds is 8. The summed E-state index contributed by atoms with van der Waals surface area (Å²) >= 11 is 0. The Morgan fingerprint density at radius 2 is 1.79 bits per heavy atom. The Hall–Kier alpha value is -1.20. The third-order valence-corrected chi connectivity index (χ3v) is 3.22. The maximum absolute atomic E-state index is 9.48. The lowest BCUT2D eigenvalue weighted by Gasteiger charge is -2.16. The van der Waals surface area contributed by atoms with Gasteiger partial charge in [0.15, 0.2) is 0 Å². The van der Waals surface area contributed by atoms with Gasteiger partial charge in [0.25, 0.3) is 0 Å². The molecule has 0 aliphatic heterocycles. The Morgan fingerprint density at radius 1 is 1.05 bits per heavy atom. The van der Waals surface area contributed by atoms with Gasteiger partial charge in [-0.3, -0.25) is 0 Å². The molecule has 0 heterocycles. The van der Waals surface area contributed by atoms with Crippen molar-refractivity contribution in [2.75, 3.05) is 14.2 Å². The molecule has 4 nitrogen and oxygen atoms in total. The normalized spacial score (nSPS) is 10.4. The van der Waals surface area contributed by atoms with Crippen molar-refractivity contribution >= 4 is 12.6 Å². The van der Waals surface area contributed by atoms with Crippen LogP contribution in [0.3, 0.4) is 0 Å². The fourth-order valence-corrected chi connectivity index (χ4v) is 2.23. The van der Waals surface area contributed by atoms with Crippen molar-refractivity contribution in [3.8, 4) is 11.5 Å². The first-order valence-electron chi connectivity index (χ1n) is 6.75. The van der Waals surface area contributed by atoms with E-state index in [9.17, 15) is 10.0 Å². The number of unbranched alkanes of at least 4 members (excludes halogenated alkanes) is 3. The molecular formula is C14H23BO4. The zero-order valence-electron chi connectivity index (χ0n) is 12.0. The quantitative estimate of drug-likeness (QED) is 0.553. The predicted molar refractivity (Wildman–Crippen MR) is 77.2 cm³/mol. The smallest absolute Gasteiger partial charge is 0.496 e. The highest BCUT2D eigenvalue weighted by molar-refractivity contribution is 6.61. The Balaban J connectivity index is 2.95. The summed E-state index contributed by atoms with van der Waals surface area (Å²) in [4.78, 5) is 0. The molecule has 5 heteroatoms. The van der Waals surface area contributed by atoms with Gasteiger partial charge in [-0.05, 0) is 24.5 Å². The number of ether oxygens (including phenoxy) is 2. The summed E-state index contributed by atoms with van der Waals surface area (Å²) in [5, 5.41) is 19.0. The van der Waals surface area contributed by atoms with E-state index in [-0.39, 0.29) is 0 Å². The number of benzene rings is 1. The highest BCUT2D eigenvalue weighted by Crippen LogP contribution is 2.24. The molecule has 0 amide bonds. The predicted octanol–water partition coefficient (Wildman–Crippen LogP) is 1.51. The van der Waals surface area contributed by atoms with Crippen molar-refractivity contribution in [1.29, 1.82) is 0 Å². The summed E-state index contributed by atoms with van der Waals surface area (Å²) in [5.41, 5.74) is 1.29. The molecule has 106 valence electrons. The van der Waals surface area contributed by atoms with E-state index in [1.807, 2.05) is 6.07 Å². The van der Waals surface area contributed by atoms with E-state index in [4.69, 9.17) is 9.47 Å². The second-order valence-corrected chi connectivity index (χ2v) is 4.56. The second-order valence-electron chi connectivity index (χ2n) is 4.56. The Bertz CT molecular complexity index is 393. The van der Waals surface area contributed by atoms with Gasteiger partial charge in [0.2, 0.25) is 0 Å². The molecule has 1 rings (SSSR count). The van der Waals surface area contributed by atoms with Gasteiger partial charge < -0.3 is 19.5 Å². The molecular weight excluding hydrogens is 243 g/mol. The van der Waals surface area contributed by atoms with Crippen molar-refractivity contribution in [2.24, 2.45) is 0 Å². The molecule has 0 aliphatic rings. The molecule has 1 aromatic rings. The lowest BCUT2D eigenvalue weighted by atomic mass is 9.77. The Morgan fingerprint density at radius 3 is 2.32 bits per heavy atom. The van der Waals surface area contributed by atoms with Gasteiger partial charge in [-0.15, -0.1) is 0 Å². The van der Waals surface area contributed by atoms with Gasteiger partial charge in [-0.1, -0.05) is 32.3 Å². The minimum Gasteiger partial charge on any atom is -0.497 e. The molecule has 0 saturated heterocycles. The molecule has 19 heavy (non-hydrogen) atoms. The number of hydrogen-bond acceptors (Lipinski definition) is 4. The summed E-state index contributed by atoms with van der Waals surface area (Å²) in [6.45, 7) is 2.17. The van der Waals surface area contributed by atoms with E-state index >= 15 is 0 Å². The van der Waals surface area contributed by atoms with Gasteiger partial charge in [0.05, 0.1) is 19.7 Å². The summed E-state index contributed by atoms with van der Waals surface area (Å²) in [6.07, 6.45) is 5.52. The van der Waals surface area contributed by atoms with E-state index in [0.29, 0.717) is 17.0 Å². The zero-order valence-corrected chi connectivity index (χ0v) is 12.0. The van der Waals surface area contributed by atoms with Crippen LogP contribution in [-0.2, 0) is 6.42 Å². The first kappa shape index (κ1) is 15.9. The van der Waals surface area contributed by atoms with Gasteiger partial charge in [-0.25, -0.2) is 0 Å². The largest absolute Gasteiger partial charge is 0.497 e. The Kier molecular flexibility index (Phi) is 6.74. The summed E-state index contributed by atoms with van der Waals surface area (Å²) in [6, 6.07) is 3.68. The van der Waals surface area contributed by atoms with Crippen molar-refractivity contribution < 1.29 is 19.5 Å². The lowest BCUT2D eigenvalue weighted by Crippen LogP contribution is -2.33. The average Bonchev–Trinajstić information content (AvgIpc) is 2.42. The standard InChI is InChI=1S/C14H23BO4/c1-4-5-6-7-8-11-9-10-12(18-2)13(15(16)17)14(11)19-3/h9-10,16-17H,4-8H2,1-3H3. The third-order valence-electron chi connectivity index (χ3n) is 3.22. The summed E-state index contributed by atoms with van der Waals surface area (Å²) in [5.74, 6) is 0.954. The maximum atomic E-state index is 9.48. The molecule has 0 spiro atoms. The van der Waals surface area contributed by atoms with Gasteiger partial charge in [-0.2, -0.15) is 0 Å². The Labute approximate surface area is 115 Å². The van der Waals surface area contributed by atoms with Crippen molar-refractivity contribution in [2.45, 2.75) is 39.0 Å². The van der Waals surface area contributed by atoms with E-state index in [1.165, 1.54) is 33.5 Å². The first-order valence-corrected chi connectivity index (χ1v) is 6.75. The SMILES string of the molecule is CCCCCCc1ccc(OC)c(B(O)O)c1OC. The van der Waals surface area contributed by atoms with Crippen molar-refractivity contribution in [1.82, 2.24) is 0 Å². The number of aryl methyl sites for hydroxylation is 1. The molecule has 0 radical (unpaired) electrons. The molecule has 0 atom stereocenters. The minimum absolute atomic E-state index is 0.304. The average molecular weight is 266 g/mol. The first-order chi connectivity index (χ1) is 9.15. The van der Waals surface area contributed by atoms with Crippen molar-refractivity contribution in [3.05, 3.63) is 17.7 Å². The third kappa shape index (κ3) is 4.15. The van der Waals surface area contributed by atoms with Crippen molar-refractivity contribution in [3.63, 3.8) is 0 Å². The van der Waals surface area contributed by atoms with Crippen LogP contribution in [0.25, 0.3) is 0 Å². The molecule has 0 aliphatic carbocycles. The topological polar surface area (TPSA) is 58.9 Å². The monoisotopic (exact) mass is 266 g/mol. The maximum Gasteiger partial charge on any atom is 0.496 e. The van der Waals surface area contributed by atoms with Gasteiger partial charge in [0.1, 0.15) is 11.5 Å². The fraction of sp³-hybridized carbons (Fsp3) is 0.571. The van der Waals surface area contributed by atoms with Crippen LogP contribution in [0, 0.1) is 0 Å². The minimum atomic E-state index is -1.60. The van der Waals surface area contributed by atoms with E-state index in [1.54, 1.807) is 6.07 Å². The fourth-order valence-electron chi connectivity index (χ4n) is 2.23. The molecule has 1 aromatic carbocycles. The molecule has 0 fully saturated rings. The van der Waals surface area contributed by atoms with Gasteiger partial charge >= 0.3 is 7.12 Å². The molecule has 0 saturated carbocycles. The highest BCUT2D eigenvalue weighted by Gasteiger charge is 2.24. The van der Waals surface area contributed by atoms with Crippen LogP contribution < -0.4 is 14.9 Å². The van der Waals surface area contributed by atoms with Crippen LogP contribution in [0.5, 0.6) is 11.5 Å². The second kappa shape index (κ2) is 8.07. The lowest BCUT2D eigenvalue weighted by molar-refractivity contribution is 0.382. The molecule has 0 bridgehead atoms. The van der Waals surface area contributed by atoms with Crippen LogP contribution in [0.15, 0.2) is 12.1 Å². The van der Waals surface area contributed by atoms with Crippen LogP contribution >= 0.6 is 0 Å².